The molecule has 0 aromatic heterocycles. The third-order valence-electron chi connectivity index (χ3n) is 2.53. The number of nitro benzene ring substituents is 1. The number of fused-ring (bicyclic) bond motifs is 1. The molecule has 1 aliphatic rings. The summed E-state index contributed by atoms with van der Waals surface area (Å²) < 4.78 is 0. The third kappa shape index (κ3) is 1.82. The number of nitro groups is 1. The van der Waals surface area contributed by atoms with Gasteiger partial charge in [0.1, 0.15) is 0 Å². The lowest BCUT2D eigenvalue weighted by Crippen LogP contribution is -2.20. The number of hydrogen-bond donors (Lipinski definition) is 0. The van der Waals surface area contributed by atoms with Crippen LogP contribution in [0.3, 0.4) is 0 Å². The second kappa shape index (κ2) is 3.59. The summed E-state index contributed by atoms with van der Waals surface area (Å²) in [4.78, 5) is 15.9. The van der Waals surface area contributed by atoms with Gasteiger partial charge in [0.15, 0.2) is 0 Å². The number of non-ortho nitro benzene ring substituents is 1. The average molecular weight is 236 g/mol. The maximum Gasteiger partial charge on any atom is 0.269 e. The Kier molecular flexibility index (Phi) is 2.50. The van der Waals surface area contributed by atoms with Crippen molar-refractivity contribution in [2.45, 2.75) is 31.2 Å². The molecule has 2 rings (SSSR count). The Balaban J connectivity index is 2.58. The Morgan fingerprint density at radius 1 is 1.44 bits per heavy atom. The minimum atomic E-state index is -0.378. The van der Waals surface area contributed by atoms with Crippen LogP contribution in [0.25, 0.3) is 0 Å². The number of thioether (sulfide) groups is 1. The molecule has 4 nitrogen and oxygen atoms in total. The highest BCUT2D eigenvalue weighted by molar-refractivity contribution is 8.14. The minimum absolute atomic E-state index is 0.127. The van der Waals surface area contributed by atoms with E-state index in [0.717, 1.165) is 15.5 Å². The summed E-state index contributed by atoms with van der Waals surface area (Å²) in [6.07, 6.45) is 0. The molecule has 1 aliphatic heterocycles. The zero-order valence-electron chi connectivity index (χ0n) is 9.35. The number of hydrogen-bond acceptors (Lipinski definition) is 4. The molecule has 5 heteroatoms. The van der Waals surface area contributed by atoms with Gasteiger partial charge in [-0.05, 0) is 32.4 Å². The fourth-order valence-corrected chi connectivity index (χ4v) is 2.98. The Bertz CT molecular complexity index is 495. The lowest BCUT2D eigenvalue weighted by atomic mass is 9.94. The first-order valence-corrected chi connectivity index (χ1v) is 5.75. The molecule has 1 aromatic carbocycles. The Labute approximate surface area is 97.9 Å². The molecule has 0 saturated heterocycles. The second-order valence-electron chi connectivity index (χ2n) is 4.23. The van der Waals surface area contributed by atoms with E-state index in [9.17, 15) is 10.1 Å². The average Bonchev–Trinajstić information content (AvgIpc) is 2.15. The maximum atomic E-state index is 10.7. The summed E-state index contributed by atoms with van der Waals surface area (Å²) >= 11 is 1.56. The number of benzene rings is 1. The van der Waals surface area contributed by atoms with Gasteiger partial charge in [0, 0.05) is 17.0 Å². The Hall–Kier alpha value is -1.36. The van der Waals surface area contributed by atoms with Crippen LogP contribution in [0.1, 0.15) is 26.3 Å². The van der Waals surface area contributed by atoms with Crippen LogP contribution in [0.5, 0.6) is 0 Å². The zero-order valence-corrected chi connectivity index (χ0v) is 10.2. The maximum absolute atomic E-state index is 10.7. The summed E-state index contributed by atoms with van der Waals surface area (Å²) in [6, 6.07) is 4.97. The fourth-order valence-electron chi connectivity index (χ4n) is 1.83. The SMILES string of the molecule is CC1=NC(C)(C)c2cc([N+](=O)[O-])ccc2S1. The minimum Gasteiger partial charge on any atom is -0.272 e. The molecule has 16 heavy (non-hydrogen) atoms. The van der Waals surface area contributed by atoms with Crippen molar-refractivity contribution in [1.29, 1.82) is 0 Å². The van der Waals surface area contributed by atoms with Gasteiger partial charge in [-0.15, -0.1) is 0 Å². The van der Waals surface area contributed by atoms with Crippen LogP contribution in [0.4, 0.5) is 5.69 Å². The molecule has 0 N–H and O–H groups in total. The van der Waals surface area contributed by atoms with E-state index < -0.39 is 0 Å². The van der Waals surface area contributed by atoms with Crippen molar-refractivity contribution in [3.05, 3.63) is 33.9 Å². The van der Waals surface area contributed by atoms with Crippen LogP contribution in [0.15, 0.2) is 28.1 Å². The van der Waals surface area contributed by atoms with Gasteiger partial charge in [-0.2, -0.15) is 0 Å². The predicted octanol–water partition coefficient (Wildman–Crippen LogP) is 3.35. The first kappa shape index (κ1) is 11.1. The first-order valence-electron chi connectivity index (χ1n) is 4.93. The van der Waals surface area contributed by atoms with E-state index in [1.807, 2.05) is 20.8 Å². The standard InChI is InChI=1S/C11H12N2O2S/c1-7-12-11(2,3)9-6-8(13(14)15)4-5-10(9)16-7/h4-6H,1-3H3. The molecule has 0 fully saturated rings. The molecule has 0 amide bonds. The molecule has 1 heterocycles. The highest BCUT2D eigenvalue weighted by Crippen LogP contribution is 2.41. The highest BCUT2D eigenvalue weighted by Gasteiger charge is 2.29. The largest absolute Gasteiger partial charge is 0.272 e. The summed E-state index contributed by atoms with van der Waals surface area (Å²) in [5.74, 6) is 0. The van der Waals surface area contributed by atoms with Gasteiger partial charge in [0.2, 0.25) is 0 Å². The molecule has 0 bridgehead atoms. The van der Waals surface area contributed by atoms with E-state index in [-0.39, 0.29) is 16.1 Å². The van der Waals surface area contributed by atoms with Crippen LogP contribution in [0.2, 0.25) is 0 Å². The fraction of sp³-hybridized carbons (Fsp3) is 0.364. The van der Waals surface area contributed by atoms with E-state index in [2.05, 4.69) is 4.99 Å². The van der Waals surface area contributed by atoms with Crippen LogP contribution < -0.4 is 0 Å². The van der Waals surface area contributed by atoms with E-state index in [0.29, 0.717) is 0 Å². The summed E-state index contributed by atoms with van der Waals surface area (Å²) in [5.41, 5.74) is 0.677. The molecule has 84 valence electrons. The molecule has 0 unspecified atom stereocenters. The lowest BCUT2D eigenvalue weighted by molar-refractivity contribution is -0.385. The van der Waals surface area contributed by atoms with Crippen LogP contribution >= 0.6 is 11.8 Å². The van der Waals surface area contributed by atoms with Crippen LogP contribution in [0, 0.1) is 10.1 Å². The van der Waals surface area contributed by atoms with Crippen molar-refractivity contribution in [2.75, 3.05) is 0 Å². The first-order chi connectivity index (χ1) is 7.40. The predicted molar refractivity (Wildman–Crippen MR) is 65.1 cm³/mol. The summed E-state index contributed by atoms with van der Waals surface area (Å²) in [6.45, 7) is 5.90. The third-order valence-corrected chi connectivity index (χ3v) is 3.49. The van der Waals surface area contributed by atoms with Gasteiger partial charge in [-0.1, -0.05) is 11.8 Å². The second-order valence-corrected chi connectivity index (χ2v) is 5.46. The normalized spacial score (nSPS) is 17.6. The van der Waals surface area contributed by atoms with E-state index >= 15 is 0 Å². The topological polar surface area (TPSA) is 55.5 Å². The van der Waals surface area contributed by atoms with Crippen molar-refractivity contribution >= 4 is 22.5 Å². The van der Waals surface area contributed by atoms with Gasteiger partial charge in [-0.3, -0.25) is 15.1 Å². The van der Waals surface area contributed by atoms with Crippen molar-refractivity contribution in [1.82, 2.24) is 0 Å². The molecular formula is C11H12N2O2S. The van der Waals surface area contributed by atoms with Gasteiger partial charge >= 0.3 is 0 Å². The molecule has 0 spiro atoms. The molecule has 0 aliphatic carbocycles. The van der Waals surface area contributed by atoms with Crippen LogP contribution in [-0.2, 0) is 5.54 Å². The van der Waals surface area contributed by atoms with Gasteiger partial charge in [0.05, 0.1) is 15.5 Å². The van der Waals surface area contributed by atoms with Crippen molar-refractivity contribution in [3.63, 3.8) is 0 Å². The van der Waals surface area contributed by atoms with E-state index in [1.54, 1.807) is 30.0 Å². The highest BCUT2D eigenvalue weighted by atomic mass is 32.2. The lowest BCUT2D eigenvalue weighted by Gasteiger charge is -2.28. The summed E-state index contributed by atoms with van der Waals surface area (Å²) in [5, 5.41) is 11.7. The number of nitrogens with zero attached hydrogens (tertiary/aromatic N) is 2. The zero-order chi connectivity index (χ0) is 11.9. The van der Waals surface area contributed by atoms with E-state index in [1.165, 1.54) is 0 Å². The van der Waals surface area contributed by atoms with Crippen molar-refractivity contribution in [2.24, 2.45) is 4.99 Å². The molecular weight excluding hydrogens is 224 g/mol. The smallest absolute Gasteiger partial charge is 0.269 e. The Morgan fingerprint density at radius 2 is 2.12 bits per heavy atom. The van der Waals surface area contributed by atoms with Crippen molar-refractivity contribution in [3.8, 4) is 0 Å². The molecule has 0 atom stereocenters. The molecule has 0 radical (unpaired) electrons. The van der Waals surface area contributed by atoms with Gasteiger partial charge in [0.25, 0.3) is 5.69 Å². The monoisotopic (exact) mass is 236 g/mol. The molecule has 0 saturated carbocycles. The number of rotatable bonds is 1. The van der Waals surface area contributed by atoms with Gasteiger partial charge in [-0.25, -0.2) is 0 Å². The molecule has 1 aromatic rings. The van der Waals surface area contributed by atoms with E-state index in [4.69, 9.17) is 0 Å². The van der Waals surface area contributed by atoms with Crippen LogP contribution in [-0.4, -0.2) is 9.97 Å². The van der Waals surface area contributed by atoms with Crippen molar-refractivity contribution < 1.29 is 4.92 Å². The Morgan fingerprint density at radius 3 is 2.75 bits per heavy atom. The quantitative estimate of drug-likeness (QED) is 0.555. The van der Waals surface area contributed by atoms with Gasteiger partial charge < -0.3 is 0 Å². The number of aliphatic imine (C=N–C) groups is 1. The summed E-state index contributed by atoms with van der Waals surface area (Å²) in [7, 11) is 0.